The monoisotopic (exact) mass is 252 g/mol. The molecule has 2 rings (SSSR count). The van der Waals surface area contributed by atoms with Crippen molar-refractivity contribution in [1.29, 1.82) is 0 Å². The Morgan fingerprint density at radius 3 is 2.71 bits per heavy atom. The SMILES string of the molecule is CC(=O)C1CC1c1ccc(C)c(Br)c1. The molecule has 2 atom stereocenters. The van der Waals surface area contributed by atoms with Crippen molar-refractivity contribution in [2.75, 3.05) is 0 Å². The van der Waals surface area contributed by atoms with Crippen LogP contribution in [0.25, 0.3) is 0 Å². The summed E-state index contributed by atoms with van der Waals surface area (Å²) in [7, 11) is 0. The van der Waals surface area contributed by atoms with Gasteiger partial charge in [0, 0.05) is 10.4 Å². The number of Topliss-reactive ketones (excluding diaryl/α,β-unsaturated/α-hetero) is 1. The van der Waals surface area contributed by atoms with Crippen molar-refractivity contribution in [2.45, 2.75) is 26.2 Å². The lowest BCUT2D eigenvalue weighted by Crippen LogP contribution is -1.94. The summed E-state index contributed by atoms with van der Waals surface area (Å²) in [6.45, 7) is 3.76. The third kappa shape index (κ3) is 1.76. The Balaban J connectivity index is 2.20. The quantitative estimate of drug-likeness (QED) is 0.788. The second kappa shape index (κ2) is 3.50. The highest BCUT2D eigenvalue weighted by atomic mass is 79.9. The Kier molecular flexibility index (Phi) is 2.48. The highest BCUT2D eigenvalue weighted by Gasteiger charge is 2.41. The molecular formula is C12H13BrO. The third-order valence-electron chi connectivity index (χ3n) is 2.94. The second-order valence-corrected chi connectivity index (χ2v) is 4.92. The molecule has 1 aromatic carbocycles. The van der Waals surface area contributed by atoms with Gasteiger partial charge in [-0.05, 0) is 43.4 Å². The fraction of sp³-hybridized carbons (Fsp3) is 0.417. The lowest BCUT2D eigenvalue weighted by atomic mass is 10.1. The molecule has 0 aliphatic heterocycles. The van der Waals surface area contributed by atoms with Gasteiger partial charge in [0.15, 0.2) is 0 Å². The molecule has 1 aliphatic carbocycles. The molecule has 2 heteroatoms. The Hall–Kier alpha value is -0.630. The molecule has 0 heterocycles. The summed E-state index contributed by atoms with van der Waals surface area (Å²) in [5.41, 5.74) is 2.54. The summed E-state index contributed by atoms with van der Waals surface area (Å²) in [6, 6.07) is 6.38. The maximum absolute atomic E-state index is 11.1. The highest BCUT2D eigenvalue weighted by molar-refractivity contribution is 9.10. The van der Waals surface area contributed by atoms with Crippen LogP contribution in [0.15, 0.2) is 22.7 Å². The standard InChI is InChI=1S/C12H13BrO/c1-7-3-4-9(5-12(7)13)11-6-10(11)8(2)14/h3-5,10-11H,6H2,1-2H3. The molecule has 0 amide bonds. The maximum atomic E-state index is 11.1. The zero-order valence-electron chi connectivity index (χ0n) is 8.38. The molecule has 0 radical (unpaired) electrons. The number of rotatable bonds is 2. The van der Waals surface area contributed by atoms with Gasteiger partial charge in [0.05, 0.1) is 0 Å². The number of ketones is 1. The number of carbonyl (C=O) groups is 1. The van der Waals surface area contributed by atoms with Crippen molar-refractivity contribution in [2.24, 2.45) is 5.92 Å². The lowest BCUT2D eigenvalue weighted by Gasteiger charge is -2.02. The molecule has 74 valence electrons. The van der Waals surface area contributed by atoms with E-state index in [2.05, 4.69) is 41.1 Å². The predicted molar refractivity (Wildman–Crippen MR) is 60.4 cm³/mol. The average molecular weight is 253 g/mol. The van der Waals surface area contributed by atoms with E-state index in [1.165, 1.54) is 11.1 Å². The van der Waals surface area contributed by atoms with Crippen molar-refractivity contribution >= 4 is 21.7 Å². The first-order chi connectivity index (χ1) is 6.59. The summed E-state index contributed by atoms with van der Waals surface area (Å²) in [5, 5.41) is 0. The van der Waals surface area contributed by atoms with Crippen molar-refractivity contribution < 1.29 is 4.79 Å². The first-order valence-electron chi connectivity index (χ1n) is 4.86. The van der Waals surface area contributed by atoms with E-state index in [1.807, 2.05) is 0 Å². The summed E-state index contributed by atoms with van der Waals surface area (Å²) in [6.07, 6.45) is 1.03. The summed E-state index contributed by atoms with van der Waals surface area (Å²) in [4.78, 5) is 11.1. The van der Waals surface area contributed by atoms with Crippen LogP contribution in [0.2, 0.25) is 0 Å². The zero-order valence-corrected chi connectivity index (χ0v) is 9.97. The molecule has 0 N–H and O–H groups in total. The predicted octanol–water partition coefficient (Wildman–Crippen LogP) is 3.45. The van der Waals surface area contributed by atoms with Gasteiger partial charge in [-0.25, -0.2) is 0 Å². The van der Waals surface area contributed by atoms with Crippen LogP contribution in [-0.2, 0) is 4.79 Å². The summed E-state index contributed by atoms with van der Waals surface area (Å²) < 4.78 is 1.14. The van der Waals surface area contributed by atoms with Gasteiger partial charge in [-0.3, -0.25) is 4.79 Å². The van der Waals surface area contributed by atoms with Crippen molar-refractivity contribution in [1.82, 2.24) is 0 Å². The van der Waals surface area contributed by atoms with Crippen LogP contribution in [0.4, 0.5) is 0 Å². The summed E-state index contributed by atoms with van der Waals surface area (Å²) in [5.74, 6) is 1.08. The van der Waals surface area contributed by atoms with Crippen molar-refractivity contribution in [3.05, 3.63) is 33.8 Å². The Morgan fingerprint density at radius 1 is 1.50 bits per heavy atom. The first kappa shape index (κ1) is 9.91. The topological polar surface area (TPSA) is 17.1 Å². The molecule has 0 aromatic heterocycles. The molecule has 1 aromatic rings. The minimum absolute atomic E-state index is 0.282. The van der Waals surface area contributed by atoms with Crippen LogP contribution in [-0.4, -0.2) is 5.78 Å². The van der Waals surface area contributed by atoms with Crippen LogP contribution in [0.1, 0.15) is 30.4 Å². The van der Waals surface area contributed by atoms with Gasteiger partial charge in [-0.2, -0.15) is 0 Å². The summed E-state index contributed by atoms with van der Waals surface area (Å²) >= 11 is 3.51. The van der Waals surface area contributed by atoms with Gasteiger partial charge in [0.2, 0.25) is 0 Å². The number of hydrogen-bond acceptors (Lipinski definition) is 1. The number of halogens is 1. The zero-order chi connectivity index (χ0) is 10.3. The molecule has 1 saturated carbocycles. The van der Waals surface area contributed by atoms with E-state index in [0.29, 0.717) is 11.7 Å². The first-order valence-corrected chi connectivity index (χ1v) is 5.65. The fourth-order valence-corrected chi connectivity index (χ4v) is 2.25. The molecule has 1 nitrogen and oxygen atoms in total. The highest BCUT2D eigenvalue weighted by Crippen LogP contribution is 2.48. The van der Waals surface area contributed by atoms with Crippen LogP contribution >= 0.6 is 15.9 Å². The van der Waals surface area contributed by atoms with Crippen LogP contribution < -0.4 is 0 Å². The van der Waals surface area contributed by atoms with Gasteiger partial charge >= 0.3 is 0 Å². The third-order valence-corrected chi connectivity index (χ3v) is 3.79. The molecular weight excluding hydrogens is 240 g/mol. The Labute approximate surface area is 92.6 Å². The average Bonchev–Trinajstić information content (AvgIpc) is 2.89. The number of hydrogen-bond donors (Lipinski definition) is 0. The fourth-order valence-electron chi connectivity index (χ4n) is 1.85. The van der Waals surface area contributed by atoms with E-state index < -0.39 is 0 Å². The largest absolute Gasteiger partial charge is 0.300 e. The molecule has 2 unspecified atom stereocenters. The van der Waals surface area contributed by atoms with Crippen LogP contribution in [0.3, 0.4) is 0 Å². The van der Waals surface area contributed by atoms with Gasteiger partial charge in [0.25, 0.3) is 0 Å². The second-order valence-electron chi connectivity index (χ2n) is 4.07. The normalized spacial score (nSPS) is 24.8. The van der Waals surface area contributed by atoms with Crippen molar-refractivity contribution in [3.8, 4) is 0 Å². The van der Waals surface area contributed by atoms with Crippen LogP contribution in [0, 0.1) is 12.8 Å². The molecule has 14 heavy (non-hydrogen) atoms. The molecule has 0 saturated heterocycles. The molecule has 0 spiro atoms. The number of carbonyl (C=O) groups excluding carboxylic acids is 1. The van der Waals surface area contributed by atoms with E-state index >= 15 is 0 Å². The van der Waals surface area contributed by atoms with E-state index in [1.54, 1.807) is 6.92 Å². The van der Waals surface area contributed by atoms with Gasteiger partial charge < -0.3 is 0 Å². The molecule has 1 fully saturated rings. The van der Waals surface area contributed by atoms with E-state index in [4.69, 9.17) is 0 Å². The molecule has 1 aliphatic rings. The van der Waals surface area contributed by atoms with Gasteiger partial charge in [-0.1, -0.05) is 28.1 Å². The van der Waals surface area contributed by atoms with E-state index in [0.717, 1.165) is 10.9 Å². The van der Waals surface area contributed by atoms with Crippen molar-refractivity contribution in [3.63, 3.8) is 0 Å². The van der Waals surface area contributed by atoms with Gasteiger partial charge in [-0.15, -0.1) is 0 Å². The Morgan fingerprint density at radius 2 is 2.21 bits per heavy atom. The molecule has 0 bridgehead atoms. The van der Waals surface area contributed by atoms with Gasteiger partial charge in [0.1, 0.15) is 5.78 Å². The number of aryl methyl sites for hydroxylation is 1. The maximum Gasteiger partial charge on any atom is 0.133 e. The minimum atomic E-state index is 0.282. The van der Waals surface area contributed by atoms with E-state index in [9.17, 15) is 4.79 Å². The van der Waals surface area contributed by atoms with Crippen LogP contribution in [0.5, 0.6) is 0 Å². The number of benzene rings is 1. The smallest absolute Gasteiger partial charge is 0.133 e. The minimum Gasteiger partial charge on any atom is -0.300 e. The van der Waals surface area contributed by atoms with E-state index in [-0.39, 0.29) is 5.92 Å². The lowest BCUT2D eigenvalue weighted by molar-refractivity contribution is -0.118. The Bertz CT molecular complexity index is 384.